The minimum atomic E-state index is -0.943. The maximum Gasteiger partial charge on any atom is 0.334 e. The first-order chi connectivity index (χ1) is 11.2. The van der Waals surface area contributed by atoms with Crippen molar-refractivity contribution in [3.05, 3.63) is 0 Å². The Hall–Kier alpha value is -0.570. The van der Waals surface area contributed by atoms with Crippen LogP contribution in [-0.4, -0.2) is 23.8 Å². The summed E-state index contributed by atoms with van der Waals surface area (Å²) >= 11 is 0. The molecule has 0 heterocycles. The van der Waals surface area contributed by atoms with Gasteiger partial charge >= 0.3 is 5.97 Å². The lowest BCUT2D eigenvalue weighted by Crippen LogP contribution is -2.22. The average Bonchev–Trinajstić information content (AvgIpc) is 2.57. The Balaban J connectivity index is 3.09. The van der Waals surface area contributed by atoms with Gasteiger partial charge in [0.25, 0.3) is 0 Å². The maximum atomic E-state index is 11.2. The summed E-state index contributed by atoms with van der Waals surface area (Å²) in [4.78, 5) is 11.2. The number of esters is 1. The minimum Gasteiger partial charge on any atom is -0.464 e. The maximum absolute atomic E-state index is 11.2. The van der Waals surface area contributed by atoms with E-state index in [4.69, 9.17) is 4.74 Å². The number of carbonyl (C=O) groups excluding carboxylic acids is 1. The molecule has 0 saturated heterocycles. The third-order valence-electron chi connectivity index (χ3n) is 4.40. The molecule has 0 aliphatic carbocycles. The van der Waals surface area contributed by atoms with Crippen molar-refractivity contribution >= 4 is 5.97 Å². The third-order valence-corrected chi connectivity index (χ3v) is 4.40. The van der Waals surface area contributed by atoms with E-state index in [0.29, 0.717) is 13.0 Å². The highest BCUT2D eigenvalue weighted by Crippen LogP contribution is 2.13. The molecule has 1 N–H and O–H groups in total. The van der Waals surface area contributed by atoms with Crippen LogP contribution in [0.15, 0.2) is 0 Å². The second-order valence-electron chi connectivity index (χ2n) is 6.69. The van der Waals surface area contributed by atoms with E-state index in [1.165, 1.54) is 77.0 Å². The van der Waals surface area contributed by atoms with Crippen LogP contribution in [-0.2, 0) is 9.53 Å². The Kier molecular flexibility index (Phi) is 17.3. The van der Waals surface area contributed by atoms with E-state index in [9.17, 15) is 9.90 Å². The number of carbonyl (C=O) groups is 1. The fourth-order valence-corrected chi connectivity index (χ4v) is 2.73. The molecule has 0 bridgehead atoms. The Morgan fingerprint density at radius 1 is 0.739 bits per heavy atom. The fraction of sp³-hybridized carbons (Fsp3) is 0.950. The predicted octanol–water partition coefficient (Wildman–Crippen LogP) is 5.78. The van der Waals surface area contributed by atoms with Crippen LogP contribution in [0.4, 0.5) is 0 Å². The first-order valence-corrected chi connectivity index (χ1v) is 10.1. The number of rotatable bonds is 17. The molecule has 0 amide bonds. The lowest BCUT2D eigenvalue weighted by molar-refractivity contribution is -0.153. The normalized spacial score (nSPS) is 12.3. The standard InChI is InChI=1S/C20H40O3/c1-3-5-6-7-8-9-10-11-12-13-14-15-16-17-18-23-20(22)19(21)4-2/h19,21H,3-18H2,1-2H3. The van der Waals surface area contributed by atoms with Gasteiger partial charge in [0.05, 0.1) is 6.61 Å². The van der Waals surface area contributed by atoms with Gasteiger partial charge < -0.3 is 9.84 Å². The van der Waals surface area contributed by atoms with E-state index in [2.05, 4.69) is 6.92 Å². The van der Waals surface area contributed by atoms with Crippen LogP contribution in [0.25, 0.3) is 0 Å². The number of aliphatic hydroxyl groups is 1. The summed E-state index contributed by atoms with van der Waals surface area (Å²) in [7, 11) is 0. The molecule has 0 aromatic carbocycles. The summed E-state index contributed by atoms with van der Waals surface area (Å²) in [6.45, 7) is 4.50. The quantitative estimate of drug-likeness (QED) is 0.272. The summed E-state index contributed by atoms with van der Waals surface area (Å²) in [6, 6.07) is 0. The van der Waals surface area contributed by atoms with Crippen molar-refractivity contribution in [3.8, 4) is 0 Å². The van der Waals surface area contributed by atoms with Crippen LogP contribution < -0.4 is 0 Å². The lowest BCUT2D eigenvalue weighted by atomic mass is 10.0. The molecule has 1 unspecified atom stereocenters. The highest BCUT2D eigenvalue weighted by Gasteiger charge is 2.12. The Bertz CT molecular complexity index is 253. The highest BCUT2D eigenvalue weighted by molar-refractivity contribution is 5.74. The molecule has 0 fully saturated rings. The highest BCUT2D eigenvalue weighted by atomic mass is 16.5. The molecule has 1 atom stereocenters. The van der Waals surface area contributed by atoms with Gasteiger partial charge in [-0.25, -0.2) is 4.79 Å². The topological polar surface area (TPSA) is 46.5 Å². The van der Waals surface area contributed by atoms with E-state index in [-0.39, 0.29) is 0 Å². The molecule has 0 rings (SSSR count). The van der Waals surface area contributed by atoms with Crippen molar-refractivity contribution < 1.29 is 14.6 Å². The van der Waals surface area contributed by atoms with E-state index in [0.717, 1.165) is 12.8 Å². The number of aliphatic hydroxyl groups excluding tert-OH is 1. The van der Waals surface area contributed by atoms with Crippen molar-refractivity contribution in [3.63, 3.8) is 0 Å². The summed E-state index contributed by atoms with van der Waals surface area (Å²) < 4.78 is 5.01. The predicted molar refractivity (Wildman–Crippen MR) is 97.6 cm³/mol. The smallest absolute Gasteiger partial charge is 0.334 e. The molecule has 0 aliphatic heterocycles. The van der Waals surface area contributed by atoms with Crippen molar-refractivity contribution in [1.29, 1.82) is 0 Å². The SMILES string of the molecule is CCCCCCCCCCCCCCCCOC(=O)C(O)CC. The molecule has 0 radical (unpaired) electrons. The zero-order valence-corrected chi connectivity index (χ0v) is 15.7. The van der Waals surface area contributed by atoms with E-state index >= 15 is 0 Å². The molecule has 0 aliphatic rings. The van der Waals surface area contributed by atoms with Crippen molar-refractivity contribution in [2.24, 2.45) is 0 Å². The van der Waals surface area contributed by atoms with Gasteiger partial charge in [-0.2, -0.15) is 0 Å². The molecule has 3 nitrogen and oxygen atoms in total. The monoisotopic (exact) mass is 328 g/mol. The molecule has 0 spiro atoms. The van der Waals surface area contributed by atoms with Gasteiger partial charge in [0.1, 0.15) is 0 Å². The van der Waals surface area contributed by atoms with Crippen molar-refractivity contribution in [2.45, 2.75) is 116 Å². The summed E-state index contributed by atoms with van der Waals surface area (Å²) in [5.41, 5.74) is 0. The second kappa shape index (κ2) is 17.8. The van der Waals surface area contributed by atoms with Crippen LogP contribution in [0, 0.1) is 0 Å². The molecule has 138 valence electrons. The molecular weight excluding hydrogens is 288 g/mol. The molecule has 0 aromatic rings. The Morgan fingerprint density at radius 2 is 1.13 bits per heavy atom. The van der Waals surface area contributed by atoms with Crippen LogP contribution in [0.1, 0.15) is 110 Å². The van der Waals surface area contributed by atoms with Crippen LogP contribution in [0.5, 0.6) is 0 Å². The fourth-order valence-electron chi connectivity index (χ4n) is 2.73. The van der Waals surface area contributed by atoms with Gasteiger partial charge in [-0.15, -0.1) is 0 Å². The first kappa shape index (κ1) is 22.4. The van der Waals surface area contributed by atoms with Crippen LogP contribution >= 0.6 is 0 Å². The molecule has 0 aromatic heterocycles. The van der Waals surface area contributed by atoms with E-state index in [1.54, 1.807) is 6.92 Å². The van der Waals surface area contributed by atoms with Gasteiger partial charge in [0, 0.05) is 0 Å². The minimum absolute atomic E-state index is 0.428. The average molecular weight is 329 g/mol. The van der Waals surface area contributed by atoms with Crippen molar-refractivity contribution in [1.82, 2.24) is 0 Å². The first-order valence-electron chi connectivity index (χ1n) is 10.1. The van der Waals surface area contributed by atoms with Crippen molar-refractivity contribution in [2.75, 3.05) is 6.61 Å². The number of hydrogen-bond donors (Lipinski definition) is 1. The zero-order valence-electron chi connectivity index (χ0n) is 15.7. The van der Waals surface area contributed by atoms with E-state index in [1.807, 2.05) is 0 Å². The molecular formula is C20H40O3. The second-order valence-corrected chi connectivity index (χ2v) is 6.69. The molecule has 23 heavy (non-hydrogen) atoms. The van der Waals surface area contributed by atoms with Crippen LogP contribution in [0.2, 0.25) is 0 Å². The summed E-state index contributed by atoms with van der Waals surface area (Å²) in [5, 5.41) is 9.27. The summed E-state index contributed by atoms with van der Waals surface area (Å²) in [5.74, 6) is -0.470. The summed E-state index contributed by atoms with van der Waals surface area (Å²) in [6.07, 6.45) is 18.0. The third kappa shape index (κ3) is 16.1. The number of unbranched alkanes of at least 4 members (excludes halogenated alkanes) is 13. The Labute approximate surface area is 144 Å². The van der Waals surface area contributed by atoms with Gasteiger partial charge in [0.2, 0.25) is 0 Å². The number of ether oxygens (including phenoxy) is 1. The van der Waals surface area contributed by atoms with Crippen LogP contribution in [0.3, 0.4) is 0 Å². The van der Waals surface area contributed by atoms with E-state index < -0.39 is 12.1 Å². The van der Waals surface area contributed by atoms with Gasteiger partial charge in [-0.3, -0.25) is 0 Å². The van der Waals surface area contributed by atoms with Gasteiger partial charge in [0.15, 0.2) is 6.10 Å². The lowest BCUT2D eigenvalue weighted by Gasteiger charge is -2.08. The number of hydrogen-bond acceptors (Lipinski definition) is 3. The Morgan fingerprint density at radius 3 is 1.52 bits per heavy atom. The molecule has 0 saturated carbocycles. The van der Waals surface area contributed by atoms with Gasteiger partial charge in [-0.05, 0) is 12.8 Å². The molecule has 3 heteroatoms. The largest absolute Gasteiger partial charge is 0.464 e. The van der Waals surface area contributed by atoms with Gasteiger partial charge in [-0.1, -0.05) is 97.3 Å². The zero-order chi connectivity index (χ0) is 17.2.